The van der Waals surface area contributed by atoms with E-state index in [1.165, 1.54) is 17.8 Å². The van der Waals surface area contributed by atoms with E-state index >= 15 is 0 Å². The van der Waals surface area contributed by atoms with Gasteiger partial charge in [-0.2, -0.15) is 13.2 Å². The molecule has 0 saturated heterocycles. The summed E-state index contributed by atoms with van der Waals surface area (Å²) in [4.78, 5) is 0.322. The highest BCUT2D eigenvalue weighted by molar-refractivity contribution is 7.99. The maximum Gasteiger partial charge on any atom is 0.417 e. The lowest BCUT2D eigenvalue weighted by molar-refractivity contribution is -0.139. The first-order chi connectivity index (χ1) is 6.98. The number of fused-ring (bicyclic) bond motifs is 1. The van der Waals surface area contributed by atoms with Gasteiger partial charge >= 0.3 is 6.18 Å². The predicted molar refractivity (Wildman–Crippen MR) is 55.3 cm³/mol. The molecule has 1 aliphatic heterocycles. The SMILES string of the molecule is CC1CSc2c(cccc2C(F)(F)F)N1. The second-order valence-corrected chi connectivity index (χ2v) is 4.57. The van der Waals surface area contributed by atoms with Crippen LogP contribution in [0.1, 0.15) is 12.5 Å². The molecule has 0 spiro atoms. The summed E-state index contributed by atoms with van der Waals surface area (Å²) in [5, 5.41) is 3.05. The largest absolute Gasteiger partial charge is 0.417 e. The summed E-state index contributed by atoms with van der Waals surface area (Å²) in [7, 11) is 0. The Morgan fingerprint density at radius 1 is 1.40 bits per heavy atom. The molecule has 1 nitrogen and oxygen atoms in total. The Bertz CT molecular complexity index is 375. The van der Waals surface area contributed by atoms with E-state index in [4.69, 9.17) is 0 Å². The van der Waals surface area contributed by atoms with Crippen LogP contribution in [0.4, 0.5) is 18.9 Å². The highest BCUT2D eigenvalue weighted by atomic mass is 32.2. The highest BCUT2D eigenvalue weighted by Gasteiger charge is 2.35. The molecule has 1 aliphatic rings. The number of anilines is 1. The van der Waals surface area contributed by atoms with Crippen molar-refractivity contribution in [1.82, 2.24) is 0 Å². The molecular formula is C10H10F3NS. The summed E-state index contributed by atoms with van der Waals surface area (Å²) in [6.07, 6.45) is -4.26. The Morgan fingerprint density at radius 2 is 2.13 bits per heavy atom. The lowest BCUT2D eigenvalue weighted by atomic mass is 10.1. The molecule has 0 bridgehead atoms. The maximum atomic E-state index is 12.6. The van der Waals surface area contributed by atoms with Crippen LogP contribution in [-0.4, -0.2) is 11.8 Å². The van der Waals surface area contributed by atoms with Crippen LogP contribution in [0.2, 0.25) is 0 Å². The Balaban J connectivity index is 2.47. The molecule has 2 rings (SSSR count). The first-order valence-electron chi connectivity index (χ1n) is 4.58. The Labute approximate surface area is 90.1 Å². The third kappa shape index (κ3) is 2.07. The quantitative estimate of drug-likeness (QED) is 0.734. The summed E-state index contributed by atoms with van der Waals surface area (Å²) in [6.45, 7) is 1.95. The van der Waals surface area contributed by atoms with Gasteiger partial charge in [0.15, 0.2) is 0 Å². The number of thioether (sulfide) groups is 1. The molecule has 1 unspecified atom stereocenters. The number of hydrogen-bond donors (Lipinski definition) is 1. The molecule has 1 N–H and O–H groups in total. The zero-order valence-electron chi connectivity index (χ0n) is 8.06. The summed E-state index contributed by atoms with van der Waals surface area (Å²) in [5.74, 6) is 0.667. The zero-order valence-corrected chi connectivity index (χ0v) is 8.88. The second-order valence-electron chi connectivity index (χ2n) is 3.54. The molecule has 5 heteroatoms. The molecule has 0 fully saturated rings. The van der Waals surface area contributed by atoms with E-state index in [1.807, 2.05) is 6.92 Å². The van der Waals surface area contributed by atoms with Gasteiger partial charge < -0.3 is 5.32 Å². The van der Waals surface area contributed by atoms with Crippen molar-refractivity contribution in [3.8, 4) is 0 Å². The monoisotopic (exact) mass is 233 g/mol. The van der Waals surface area contributed by atoms with Crippen LogP contribution in [-0.2, 0) is 6.18 Å². The van der Waals surface area contributed by atoms with E-state index in [0.717, 1.165) is 6.07 Å². The van der Waals surface area contributed by atoms with Gasteiger partial charge in [-0.25, -0.2) is 0 Å². The van der Waals surface area contributed by atoms with Crippen LogP contribution in [0.15, 0.2) is 23.1 Å². The topological polar surface area (TPSA) is 12.0 Å². The fraction of sp³-hybridized carbons (Fsp3) is 0.400. The van der Waals surface area contributed by atoms with Crippen molar-refractivity contribution in [2.75, 3.05) is 11.1 Å². The van der Waals surface area contributed by atoms with E-state index in [9.17, 15) is 13.2 Å². The first kappa shape index (κ1) is 10.7. The minimum absolute atomic E-state index is 0.214. The number of alkyl halides is 3. The van der Waals surface area contributed by atoms with Crippen molar-refractivity contribution in [2.45, 2.75) is 24.0 Å². The van der Waals surface area contributed by atoms with Gasteiger partial charge in [0.25, 0.3) is 0 Å². The molecule has 0 saturated carbocycles. The number of halogens is 3. The number of hydrogen-bond acceptors (Lipinski definition) is 2. The van der Waals surface area contributed by atoms with Gasteiger partial charge in [-0.15, -0.1) is 11.8 Å². The van der Waals surface area contributed by atoms with Crippen molar-refractivity contribution >= 4 is 17.4 Å². The van der Waals surface area contributed by atoms with Crippen LogP contribution in [0.5, 0.6) is 0 Å². The Kier molecular flexibility index (Phi) is 2.58. The fourth-order valence-electron chi connectivity index (χ4n) is 1.54. The van der Waals surface area contributed by atoms with E-state index in [2.05, 4.69) is 5.32 Å². The van der Waals surface area contributed by atoms with Gasteiger partial charge in [0.1, 0.15) is 0 Å². The minimum Gasteiger partial charge on any atom is -0.381 e. The molecule has 0 aliphatic carbocycles. The van der Waals surface area contributed by atoms with Crippen molar-refractivity contribution in [3.05, 3.63) is 23.8 Å². The average molecular weight is 233 g/mol. The second kappa shape index (κ2) is 3.63. The van der Waals surface area contributed by atoms with Gasteiger partial charge in [0, 0.05) is 22.4 Å². The van der Waals surface area contributed by atoms with Gasteiger partial charge in [0.2, 0.25) is 0 Å². The Morgan fingerprint density at radius 3 is 2.80 bits per heavy atom. The lowest BCUT2D eigenvalue weighted by Crippen LogP contribution is -2.23. The molecule has 0 radical (unpaired) electrons. The molecule has 82 valence electrons. The lowest BCUT2D eigenvalue weighted by Gasteiger charge is -2.26. The minimum atomic E-state index is -4.26. The summed E-state index contributed by atoms with van der Waals surface area (Å²) in [5.41, 5.74) is 0.0537. The maximum absolute atomic E-state index is 12.6. The summed E-state index contributed by atoms with van der Waals surface area (Å²) >= 11 is 1.27. The fourth-order valence-corrected chi connectivity index (χ4v) is 2.67. The van der Waals surface area contributed by atoms with Gasteiger partial charge in [-0.05, 0) is 19.1 Å². The van der Waals surface area contributed by atoms with Crippen LogP contribution in [0, 0.1) is 0 Å². The summed E-state index contributed by atoms with van der Waals surface area (Å²) < 4.78 is 37.9. The molecule has 1 aromatic carbocycles. The van der Waals surface area contributed by atoms with Gasteiger partial charge in [-0.3, -0.25) is 0 Å². The van der Waals surface area contributed by atoms with Crippen LogP contribution in [0.25, 0.3) is 0 Å². The molecule has 0 amide bonds. The summed E-state index contributed by atoms with van der Waals surface area (Å²) in [6, 6.07) is 4.47. The van der Waals surface area contributed by atoms with Crippen LogP contribution < -0.4 is 5.32 Å². The molecule has 1 atom stereocenters. The number of benzene rings is 1. The first-order valence-corrected chi connectivity index (χ1v) is 5.56. The molecule has 0 aromatic heterocycles. The molecule has 15 heavy (non-hydrogen) atoms. The van der Waals surface area contributed by atoms with E-state index < -0.39 is 11.7 Å². The predicted octanol–water partition coefficient (Wildman–Crippen LogP) is 3.61. The highest BCUT2D eigenvalue weighted by Crippen LogP contribution is 2.42. The smallest absolute Gasteiger partial charge is 0.381 e. The normalized spacial score (nSPS) is 20.7. The molecule has 1 aromatic rings. The van der Waals surface area contributed by atoms with E-state index in [1.54, 1.807) is 6.07 Å². The van der Waals surface area contributed by atoms with E-state index in [-0.39, 0.29) is 6.04 Å². The van der Waals surface area contributed by atoms with Crippen molar-refractivity contribution < 1.29 is 13.2 Å². The third-order valence-electron chi connectivity index (χ3n) is 2.20. The molecular weight excluding hydrogens is 223 g/mol. The van der Waals surface area contributed by atoms with Crippen LogP contribution in [0.3, 0.4) is 0 Å². The average Bonchev–Trinajstić information content (AvgIpc) is 2.15. The van der Waals surface area contributed by atoms with Crippen molar-refractivity contribution in [3.63, 3.8) is 0 Å². The standard InChI is InChI=1S/C10H10F3NS/c1-6-5-15-9-7(10(11,12)13)3-2-4-8(9)14-6/h2-4,6,14H,5H2,1H3. The van der Waals surface area contributed by atoms with Gasteiger partial charge in [-0.1, -0.05) is 6.07 Å². The van der Waals surface area contributed by atoms with Crippen molar-refractivity contribution in [2.24, 2.45) is 0 Å². The number of rotatable bonds is 0. The number of nitrogens with one attached hydrogen (secondary N) is 1. The Hall–Kier alpha value is -0.840. The zero-order chi connectivity index (χ0) is 11.1. The van der Waals surface area contributed by atoms with E-state index in [0.29, 0.717) is 16.3 Å². The van der Waals surface area contributed by atoms with Crippen LogP contribution >= 0.6 is 11.8 Å². The third-order valence-corrected chi connectivity index (χ3v) is 3.60. The van der Waals surface area contributed by atoms with Crippen molar-refractivity contribution in [1.29, 1.82) is 0 Å². The molecule has 1 heterocycles. The van der Waals surface area contributed by atoms with Gasteiger partial charge in [0.05, 0.1) is 5.56 Å².